The fraction of sp³-hybridized carbons (Fsp3) is 0.571. The van der Waals surface area contributed by atoms with Crippen molar-refractivity contribution in [3.63, 3.8) is 0 Å². The Bertz CT molecular complexity index is 393. The molecule has 98 valence electrons. The van der Waals surface area contributed by atoms with Crippen LogP contribution in [0, 0.1) is 11.8 Å². The van der Waals surface area contributed by atoms with Gasteiger partial charge in [0.1, 0.15) is 0 Å². The van der Waals surface area contributed by atoms with Crippen LogP contribution in [0.3, 0.4) is 0 Å². The van der Waals surface area contributed by atoms with E-state index in [2.05, 4.69) is 4.98 Å². The van der Waals surface area contributed by atoms with E-state index in [1.165, 1.54) is 0 Å². The largest absolute Gasteiger partial charge is 0.340 e. The Kier molecular flexibility index (Phi) is 4.31. The van der Waals surface area contributed by atoms with Gasteiger partial charge in [-0.1, -0.05) is 12.5 Å². The van der Waals surface area contributed by atoms with Crippen LogP contribution in [0.15, 0.2) is 24.4 Å². The Labute approximate surface area is 108 Å². The number of nitrogens with zero attached hydrogens (tertiary/aromatic N) is 2. The lowest BCUT2D eigenvalue weighted by atomic mass is 9.95. The molecule has 1 saturated carbocycles. The van der Waals surface area contributed by atoms with Crippen molar-refractivity contribution < 1.29 is 4.79 Å². The first-order chi connectivity index (χ1) is 8.72. The van der Waals surface area contributed by atoms with Crippen molar-refractivity contribution in [1.82, 2.24) is 9.88 Å². The first-order valence-electron chi connectivity index (χ1n) is 6.57. The number of carbonyl (C=O) groups is 1. The van der Waals surface area contributed by atoms with Crippen LogP contribution in [-0.4, -0.2) is 29.4 Å². The molecule has 4 nitrogen and oxygen atoms in total. The summed E-state index contributed by atoms with van der Waals surface area (Å²) in [5.41, 5.74) is 6.66. The van der Waals surface area contributed by atoms with Crippen molar-refractivity contribution in [3.05, 3.63) is 30.1 Å². The normalized spacial score (nSPS) is 23.0. The van der Waals surface area contributed by atoms with Gasteiger partial charge in [0, 0.05) is 19.2 Å². The quantitative estimate of drug-likeness (QED) is 0.875. The highest BCUT2D eigenvalue weighted by Crippen LogP contribution is 2.32. The molecule has 2 rings (SSSR count). The highest BCUT2D eigenvalue weighted by Gasteiger charge is 2.33. The molecule has 1 aromatic rings. The maximum atomic E-state index is 12.4. The molecule has 1 fully saturated rings. The molecule has 1 aromatic heterocycles. The molecule has 0 aromatic carbocycles. The summed E-state index contributed by atoms with van der Waals surface area (Å²) in [5, 5.41) is 0. The van der Waals surface area contributed by atoms with Crippen LogP contribution in [0.1, 0.15) is 25.0 Å². The van der Waals surface area contributed by atoms with E-state index in [1.54, 1.807) is 11.1 Å². The third kappa shape index (κ3) is 2.88. The Morgan fingerprint density at radius 1 is 1.50 bits per heavy atom. The number of carbonyl (C=O) groups excluding carboxylic acids is 1. The van der Waals surface area contributed by atoms with Gasteiger partial charge >= 0.3 is 0 Å². The molecule has 0 aliphatic heterocycles. The number of hydrogen-bond donors (Lipinski definition) is 1. The van der Waals surface area contributed by atoms with E-state index in [4.69, 9.17) is 5.73 Å². The summed E-state index contributed by atoms with van der Waals surface area (Å²) in [4.78, 5) is 18.4. The van der Waals surface area contributed by atoms with Gasteiger partial charge in [-0.3, -0.25) is 9.78 Å². The number of pyridine rings is 1. The molecule has 0 bridgehead atoms. The van der Waals surface area contributed by atoms with E-state index in [-0.39, 0.29) is 11.8 Å². The first kappa shape index (κ1) is 13.0. The fourth-order valence-electron chi connectivity index (χ4n) is 2.74. The van der Waals surface area contributed by atoms with Gasteiger partial charge in [0.05, 0.1) is 12.2 Å². The van der Waals surface area contributed by atoms with Gasteiger partial charge in [-0.2, -0.15) is 0 Å². The number of nitrogens with two attached hydrogens (primary N) is 1. The van der Waals surface area contributed by atoms with E-state index < -0.39 is 0 Å². The average Bonchev–Trinajstić information content (AvgIpc) is 2.87. The van der Waals surface area contributed by atoms with Crippen LogP contribution < -0.4 is 5.73 Å². The highest BCUT2D eigenvalue weighted by atomic mass is 16.2. The maximum absolute atomic E-state index is 12.4. The third-order valence-corrected chi connectivity index (χ3v) is 3.78. The molecule has 1 amide bonds. The van der Waals surface area contributed by atoms with Gasteiger partial charge in [0.15, 0.2) is 0 Å². The molecule has 0 radical (unpaired) electrons. The number of aromatic nitrogens is 1. The van der Waals surface area contributed by atoms with E-state index in [0.29, 0.717) is 19.0 Å². The molecule has 1 aliphatic rings. The summed E-state index contributed by atoms with van der Waals surface area (Å²) in [6, 6.07) is 5.77. The molecule has 2 unspecified atom stereocenters. The molecule has 1 aliphatic carbocycles. The minimum Gasteiger partial charge on any atom is -0.340 e. The predicted octanol–water partition coefficient (Wildman–Crippen LogP) is 1.41. The molecule has 18 heavy (non-hydrogen) atoms. The number of rotatable bonds is 4. The zero-order valence-electron chi connectivity index (χ0n) is 10.9. The topological polar surface area (TPSA) is 59.2 Å². The van der Waals surface area contributed by atoms with Gasteiger partial charge < -0.3 is 10.6 Å². The van der Waals surface area contributed by atoms with Gasteiger partial charge in [0.2, 0.25) is 5.91 Å². The van der Waals surface area contributed by atoms with Crippen molar-refractivity contribution in [3.8, 4) is 0 Å². The van der Waals surface area contributed by atoms with E-state index in [9.17, 15) is 4.79 Å². The number of amides is 1. The summed E-state index contributed by atoms with van der Waals surface area (Å²) in [7, 11) is 1.85. The van der Waals surface area contributed by atoms with Crippen LogP contribution in [0.4, 0.5) is 0 Å². The van der Waals surface area contributed by atoms with E-state index >= 15 is 0 Å². The minimum atomic E-state index is 0.115. The molecule has 0 spiro atoms. The predicted molar refractivity (Wildman–Crippen MR) is 70.6 cm³/mol. The SMILES string of the molecule is CN(Cc1ccccn1)C(=O)C1CCCC1CN. The highest BCUT2D eigenvalue weighted by molar-refractivity contribution is 5.79. The second-order valence-corrected chi connectivity index (χ2v) is 5.05. The zero-order valence-corrected chi connectivity index (χ0v) is 10.9. The Balaban J connectivity index is 1.96. The van der Waals surface area contributed by atoms with Gasteiger partial charge in [-0.25, -0.2) is 0 Å². The molecule has 2 atom stereocenters. The summed E-state index contributed by atoms with van der Waals surface area (Å²) in [6.07, 6.45) is 4.94. The maximum Gasteiger partial charge on any atom is 0.226 e. The van der Waals surface area contributed by atoms with Gasteiger partial charge in [0.25, 0.3) is 0 Å². The van der Waals surface area contributed by atoms with Crippen molar-refractivity contribution in [2.24, 2.45) is 17.6 Å². The zero-order chi connectivity index (χ0) is 13.0. The molecule has 1 heterocycles. The molecule has 0 saturated heterocycles. The van der Waals surface area contributed by atoms with Crippen molar-refractivity contribution in [2.75, 3.05) is 13.6 Å². The lowest BCUT2D eigenvalue weighted by Gasteiger charge is -2.24. The Morgan fingerprint density at radius 3 is 3.00 bits per heavy atom. The lowest BCUT2D eigenvalue weighted by Crippen LogP contribution is -2.36. The van der Waals surface area contributed by atoms with Crippen LogP contribution in [0.5, 0.6) is 0 Å². The lowest BCUT2D eigenvalue weighted by molar-refractivity contribution is -0.135. The number of hydrogen-bond acceptors (Lipinski definition) is 3. The van der Waals surface area contributed by atoms with Crippen LogP contribution in [-0.2, 0) is 11.3 Å². The average molecular weight is 247 g/mol. The second kappa shape index (κ2) is 5.96. The summed E-state index contributed by atoms with van der Waals surface area (Å²) >= 11 is 0. The van der Waals surface area contributed by atoms with Gasteiger partial charge in [-0.15, -0.1) is 0 Å². The Morgan fingerprint density at radius 2 is 2.33 bits per heavy atom. The standard InChI is InChI=1S/C14H21N3O/c1-17(10-12-6-2-3-8-16-12)14(18)13-7-4-5-11(13)9-15/h2-3,6,8,11,13H,4-5,7,9-10,15H2,1H3. The summed E-state index contributed by atoms with van der Waals surface area (Å²) < 4.78 is 0. The third-order valence-electron chi connectivity index (χ3n) is 3.78. The fourth-order valence-corrected chi connectivity index (χ4v) is 2.74. The first-order valence-corrected chi connectivity index (χ1v) is 6.57. The van der Waals surface area contributed by atoms with Crippen molar-refractivity contribution in [2.45, 2.75) is 25.8 Å². The summed E-state index contributed by atoms with van der Waals surface area (Å²) in [6.45, 7) is 1.20. The monoisotopic (exact) mass is 247 g/mol. The van der Waals surface area contributed by atoms with Crippen LogP contribution in [0.25, 0.3) is 0 Å². The Hall–Kier alpha value is -1.42. The second-order valence-electron chi connectivity index (χ2n) is 5.05. The van der Waals surface area contributed by atoms with Crippen LogP contribution >= 0.6 is 0 Å². The molecule has 2 N–H and O–H groups in total. The van der Waals surface area contributed by atoms with Crippen LogP contribution in [0.2, 0.25) is 0 Å². The molecular weight excluding hydrogens is 226 g/mol. The summed E-state index contributed by atoms with van der Waals surface area (Å²) in [5.74, 6) is 0.695. The van der Waals surface area contributed by atoms with Crippen molar-refractivity contribution in [1.29, 1.82) is 0 Å². The molecule has 4 heteroatoms. The van der Waals surface area contributed by atoms with E-state index in [0.717, 1.165) is 25.0 Å². The minimum absolute atomic E-state index is 0.115. The smallest absolute Gasteiger partial charge is 0.226 e. The van der Waals surface area contributed by atoms with E-state index in [1.807, 2.05) is 25.2 Å². The van der Waals surface area contributed by atoms with Gasteiger partial charge in [-0.05, 0) is 37.4 Å². The molecular formula is C14H21N3O. The van der Waals surface area contributed by atoms with Crippen molar-refractivity contribution >= 4 is 5.91 Å².